The Morgan fingerprint density at radius 1 is 0.932 bits per heavy atom. The molecule has 2 atom stereocenters. The van der Waals surface area contributed by atoms with Crippen LogP contribution in [0.15, 0.2) is 30.5 Å². The Bertz CT molecular complexity index is 1310. The topological polar surface area (TPSA) is 131 Å². The average molecular weight is 612 g/mol. The van der Waals surface area contributed by atoms with Gasteiger partial charge in [-0.15, -0.1) is 5.10 Å². The van der Waals surface area contributed by atoms with E-state index in [9.17, 15) is 18.8 Å². The van der Waals surface area contributed by atoms with Gasteiger partial charge >= 0.3 is 0 Å². The highest BCUT2D eigenvalue weighted by molar-refractivity contribution is 5.89. The largest absolute Gasteiger partial charge is 0.377 e. The molecule has 3 amide bonds. The fraction of sp³-hybridized carbons (Fsp3) is 0.645. The number of nitrogens with zero attached hydrogens (tertiary/aromatic N) is 5. The molecule has 1 aliphatic carbocycles. The normalized spacial score (nSPS) is 26.5. The van der Waals surface area contributed by atoms with E-state index in [-0.39, 0.29) is 56.3 Å². The molecule has 13 heteroatoms. The minimum Gasteiger partial charge on any atom is -0.377 e. The van der Waals surface area contributed by atoms with Crippen LogP contribution >= 0.6 is 0 Å². The lowest BCUT2D eigenvalue weighted by Crippen LogP contribution is -2.60. The van der Waals surface area contributed by atoms with Gasteiger partial charge in [-0.25, -0.2) is 9.07 Å². The minimum absolute atomic E-state index is 0.0977. The Morgan fingerprint density at radius 2 is 1.68 bits per heavy atom. The van der Waals surface area contributed by atoms with Crippen molar-refractivity contribution in [2.45, 2.75) is 75.0 Å². The van der Waals surface area contributed by atoms with Crippen molar-refractivity contribution >= 4 is 17.7 Å². The molecule has 6 rings (SSSR count). The Hall–Kier alpha value is -3.42. The maximum Gasteiger partial charge on any atom is 0.246 e. The van der Waals surface area contributed by atoms with Crippen molar-refractivity contribution in [3.05, 3.63) is 36.3 Å². The third-order valence-electron chi connectivity index (χ3n) is 9.59. The number of aromatic nitrogens is 3. The zero-order valence-electron chi connectivity index (χ0n) is 25.1. The standard InChI is InChI=1S/C31H42FN7O5/c32-23-7-5-22(6-8-23)25-20-39(36-35-25)26-9-13-38-28(41)19-31(10-14-37(15-11-31)24-3-1-2-4-24)34-27(40)21-44-18-17-43-16-12-33-30(42)29(26)38/h5-8,20,24,26,29H,1-4,9-19,21H2,(H,33,42)(H,34,40)/t26-,29+/m1/s1. The van der Waals surface area contributed by atoms with Crippen LogP contribution in [0.25, 0.3) is 11.3 Å². The van der Waals surface area contributed by atoms with Crippen LogP contribution in [0.1, 0.15) is 57.4 Å². The SMILES string of the molecule is O=C1COCCOCCNC(=O)[C@@H]2[C@H](n3cc(-c4ccc(F)cc4)nn3)CCN2C(=O)CC2(CCN(C3CCCC3)CC2)N1. The van der Waals surface area contributed by atoms with Gasteiger partial charge in [0.25, 0.3) is 0 Å². The molecule has 0 radical (unpaired) electrons. The molecule has 1 aromatic carbocycles. The summed E-state index contributed by atoms with van der Waals surface area (Å²) in [5, 5.41) is 14.7. The second-order valence-electron chi connectivity index (χ2n) is 12.4. The summed E-state index contributed by atoms with van der Waals surface area (Å²) in [4.78, 5) is 45.0. The second kappa shape index (κ2) is 13.7. The highest BCUT2D eigenvalue weighted by Crippen LogP contribution is 2.35. The monoisotopic (exact) mass is 611 g/mol. The number of benzene rings is 1. The molecule has 4 fully saturated rings. The van der Waals surface area contributed by atoms with Crippen LogP contribution < -0.4 is 10.6 Å². The zero-order valence-corrected chi connectivity index (χ0v) is 25.1. The Morgan fingerprint density at radius 3 is 2.45 bits per heavy atom. The first-order valence-electron chi connectivity index (χ1n) is 15.9. The summed E-state index contributed by atoms with van der Waals surface area (Å²) in [6, 6.07) is 5.30. The second-order valence-corrected chi connectivity index (χ2v) is 12.4. The van der Waals surface area contributed by atoms with Gasteiger partial charge < -0.3 is 29.9 Å². The van der Waals surface area contributed by atoms with E-state index in [1.165, 1.54) is 37.8 Å². The molecular formula is C31H42FN7O5. The van der Waals surface area contributed by atoms with E-state index in [0.29, 0.717) is 49.7 Å². The Kier molecular flexibility index (Phi) is 9.53. The molecule has 0 unspecified atom stereocenters. The van der Waals surface area contributed by atoms with E-state index in [0.717, 1.165) is 13.1 Å². The van der Waals surface area contributed by atoms with Gasteiger partial charge in [-0.1, -0.05) is 18.1 Å². The smallest absolute Gasteiger partial charge is 0.246 e. The molecule has 44 heavy (non-hydrogen) atoms. The van der Waals surface area contributed by atoms with Crippen molar-refractivity contribution < 1.29 is 28.2 Å². The number of halogens is 1. The molecule has 0 bridgehead atoms. The molecule has 2 N–H and O–H groups in total. The summed E-state index contributed by atoms with van der Waals surface area (Å²) < 4.78 is 26.2. The summed E-state index contributed by atoms with van der Waals surface area (Å²) in [7, 11) is 0. The number of nitrogens with one attached hydrogen (secondary N) is 2. The quantitative estimate of drug-likeness (QED) is 0.536. The van der Waals surface area contributed by atoms with Crippen molar-refractivity contribution in [1.29, 1.82) is 0 Å². The van der Waals surface area contributed by atoms with Crippen molar-refractivity contribution in [2.75, 3.05) is 52.6 Å². The number of likely N-dealkylation sites (tertiary alicyclic amines) is 1. The number of carbonyl (C=O) groups is 3. The van der Waals surface area contributed by atoms with Crippen LogP contribution in [0.2, 0.25) is 0 Å². The molecule has 12 nitrogen and oxygen atoms in total. The van der Waals surface area contributed by atoms with E-state index in [1.807, 2.05) is 0 Å². The van der Waals surface area contributed by atoms with Crippen molar-refractivity contribution in [2.24, 2.45) is 0 Å². The maximum atomic E-state index is 14.1. The first kappa shape index (κ1) is 30.6. The Labute approximate surface area is 256 Å². The molecule has 4 heterocycles. The molecular weight excluding hydrogens is 569 g/mol. The van der Waals surface area contributed by atoms with E-state index >= 15 is 0 Å². The van der Waals surface area contributed by atoms with Gasteiger partial charge in [0.05, 0.1) is 44.0 Å². The van der Waals surface area contributed by atoms with Crippen LogP contribution in [-0.2, 0) is 23.9 Å². The highest BCUT2D eigenvalue weighted by atomic mass is 19.1. The summed E-state index contributed by atoms with van der Waals surface area (Å²) in [6.45, 7) is 2.98. The van der Waals surface area contributed by atoms with Crippen LogP contribution in [0, 0.1) is 5.82 Å². The van der Waals surface area contributed by atoms with Gasteiger partial charge in [0, 0.05) is 37.8 Å². The van der Waals surface area contributed by atoms with E-state index in [4.69, 9.17) is 9.47 Å². The van der Waals surface area contributed by atoms with Gasteiger partial charge in [0.15, 0.2) is 0 Å². The predicted octanol–water partition coefficient (Wildman–Crippen LogP) is 1.67. The third-order valence-corrected chi connectivity index (χ3v) is 9.59. The number of fused-ring (bicyclic) bond motifs is 1. The molecule has 2 aromatic rings. The number of piperidine rings is 1. The summed E-state index contributed by atoms with van der Waals surface area (Å²) in [6.07, 6.45) is 8.56. The first-order chi connectivity index (χ1) is 21.4. The molecule has 4 aliphatic rings. The summed E-state index contributed by atoms with van der Waals surface area (Å²) in [5.74, 6) is -1.06. The van der Waals surface area contributed by atoms with Gasteiger partial charge in [0.1, 0.15) is 24.2 Å². The summed E-state index contributed by atoms with van der Waals surface area (Å²) in [5.41, 5.74) is 0.533. The molecule has 1 aromatic heterocycles. The fourth-order valence-corrected chi connectivity index (χ4v) is 7.23. The lowest BCUT2D eigenvalue weighted by atomic mass is 9.83. The lowest BCUT2D eigenvalue weighted by molar-refractivity contribution is -0.142. The maximum absolute atomic E-state index is 14.1. The van der Waals surface area contributed by atoms with E-state index in [1.54, 1.807) is 27.9 Å². The van der Waals surface area contributed by atoms with Crippen LogP contribution in [0.4, 0.5) is 4.39 Å². The highest BCUT2D eigenvalue weighted by Gasteiger charge is 2.47. The number of amides is 3. The van der Waals surface area contributed by atoms with E-state index in [2.05, 4.69) is 25.8 Å². The van der Waals surface area contributed by atoms with Gasteiger partial charge in [-0.05, 0) is 56.4 Å². The molecule has 1 saturated carbocycles. The number of ether oxygens (including phenoxy) is 2. The fourth-order valence-electron chi connectivity index (χ4n) is 7.23. The van der Waals surface area contributed by atoms with Crippen molar-refractivity contribution in [1.82, 2.24) is 35.4 Å². The van der Waals surface area contributed by atoms with Crippen LogP contribution in [0.5, 0.6) is 0 Å². The average Bonchev–Trinajstić information content (AvgIpc) is 3.80. The first-order valence-corrected chi connectivity index (χ1v) is 15.9. The predicted molar refractivity (Wildman–Crippen MR) is 158 cm³/mol. The van der Waals surface area contributed by atoms with Crippen molar-refractivity contribution in [3.8, 4) is 11.3 Å². The minimum atomic E-state index is -0.812. The van der Waals surface area contributed by atoms with Crippen molar-refractivity contribution in [3.63, 3.8) is 0 Å². The zero-order chi connectivity index (χ0) is 30.5. The van der Waals surface area contributed by atoms with Crippen LogP contribution in [0.3, 0.4) is 0 Å². The van der Waals surface area contributed by atoms with Gasteiger partial charge in [0.2, 0.25) is 17.7 Å². The molecule has 3 saturated heterocycles. The van der Waals surface area contributed by atoms with Crippen LogP contribution in [-0.4, -0.2) is 113 Å². The number of rotatable bonds is 3. The van der Waals surface area contributed by atoms with E-state index < -0.39 is 17.6 Å². The lowest BCUT2D eigenvalue weighted by Gasteiger charge is -2.44. The molecule has 3 aliphatic heterocycles. The molecule has 1 spiro atoms. The van der Waals surface area contributed by atoms with Gasteiger partial charge in [-0.2, -0.15) is 0 Å². The Balaban J connectivity index is 1.23. The molecule has 238 valence electrons. The summed E-state index contributed by atoms with van der Waals surface area (Å²) >= 11 is 0. The van der Waals surface area contributed by atoms with Gasteiger partial charge in [-0.3, -0.25) is 14.4 Å². The number of hydrogen-bond acceptors (Lipinski definition) is 8. The third kappa shape index (κ3) is 6.94. The number of carbonyl (C=O) groups excluding carboxylic acids is 3. The number of hydrogen-bond donors (Lipinski definition) is 2.